The number of benzene rings is 2. The zero-order valence-corrected chi connectivity index (χ0v) is 15.9. The third-order valence-corrected chi connectivity index (χ3v) is 3.87. The minimum absolute atomic E-state index is 0.0521. The van der Waals surface area contributed by atoms with Gasteiger partial charge in [-0.1, -0.05) is 12.7 Å². The standard InChI is InChI=1S/C20H17N3O7/c1-3-10-28-16-9-6-14(11-17(16)27-2)20(24)29-12-18-21-22-19(30-18)13-4-7-15(8-5-13)23(25)26/h3-9,11H,1,10,12H2,2H3. The summed E-state index contributed by atoms with van der Waals surface area (Å²) in [6.45, 7) is 3.63. The van der Waals surface area contributed by atoms with Crippen LogP contribution in [0.2, 0.25) is 0 Å². The molecule has 0 radical (unpaired) electrons. The van der Waals surface area contributed by atoms with E-state index in [0.29, 0.717) is 23.7 Å². The second-order valence-corrected chi connectivity index (χ2v) is 5.85. The Hall–Kier alpha value is -4.21. The average Bonchev–Trinajstić information content (AvgIpc) is 3.25. The van der Waals surface area contributed by atoms with E-state index in [1.54, 1.807) is 18.2 Å². The van der Waals surface area contributed by atoms with Crippen molar-refractivity contribution in [3.05, 3.63) is 76.7 Å². The third kappa shape index (κ3) is 4.79. The molecule has 0 unspecified atom stereocenters. The fraction of sp³-hybridized carbons (Fsp3) is 0.150. The molecule has 0 atom stereocenters. The van der Waals surface area contributed by atoms with Crippen molar-refractivity contribution < 1.29 is 28.3 Å². The third-order valence-electron chi connectivity index (χ3n) is 3.87. The lowest BCUT2D eigenvalue weighted by molar-refractivity contribution is -0.384. The number of hydrogen-bond acceptors (Lipinski definition) is 9. The Morgan fingerprint density at radius 2 is 1.97 bits per heavy atom. The summed E-state index contributed by atoms with van der Waals surface area (Å²) in [6, 6.07) is 10.3. The van der Waals surface area contributed by atoms with Crippen molar-refractivity contribution in [3.8, 4) is 23.0 Å². The molecule has 1 heterocycles. The smallest absolute Gasteiger partial charge is 0.338 e. The highest BCUT2D eigenvalue weighted by molar-refractivity contribution is 5.90. The molecule has 0 amide bonds. The van der Waals surface area contributed by atoms with E-state index in [4.69, 9.17) is 18.6 Å². The van der Waals surface area contributed by atoms with Crippen LogP contribution < -0.4 is 9.47 Å². The van der Waals surface area contributed by atoms with Crippen molar-refractivity contribution in [3.63, 3.8) is 0 Å². The molecule has 0 spiro atoms. The van der Waals surface area contributed by atoms with Gasteiger partial charge in [-0.25, -0.2) is 4.79 Å². The molecule has 0 saturated carbocycles. The molecule has 0 N–H and O–H groups in total. The molecule has 0 aliphatic rings. The lowest BCUT2D eigenvalue weighted by Gasteiger charge is -2.10. The number of ether oxygens (including phenoxy) is 3. The van der Waals surface area contributed by atoms with Gasteiger partial charge in [-0.2, -0.15) is 0 Å². The number of nitro groups is 1. The molecule has 3 rings (SSSR count). The summed E-state index contributed by atoms with van der Waals surface area (Å²) in [7, 11) is 1.46. The van der Waals surface area contributed by atoms with Gasteiger partial charge >= 0.3 is 5.97 Å². The number of esters is 1. The number of carbonyl (C=O) groups excluding carboxylic acids is 1. The number of non-ortho nitro benzene ring substituents is 1. The summed E-state index contributed by atoms with van der Waals surface area (Å²) in [6.07, 6.45) is 1.59. The topological polar surface area (TPSA) is 127 Å². The SMILES string of the molecule is C=CCOc1ccc(C(=O)OCc2nnc(-c3ccc([N+](=O)[O-])cc3)o2)cc1OC. The van der Waals surface area contributed by atoms with Crippen LogP contribution in [0, 0.1) is 10.1 Å². The van der Waals surface area contributed by atoms with Crippen LogP contribution in [0.25, 0.3) is 11.5 Å². The quantitative estimate of drug-likeness (QED) is 0.225. The summed E-state index contributed by atoms with van der Waals surface area (Å²) < 4.78 is 21.3. The van der Waals surface area contributed by atoms with Crippen molar-refractivity contribution in [2.45, 2.75) is 6.61 Å². The largest absolute Gasteiger partial charge is 0.493 e. The number of nitrogens with zero attached hydrogens (tertiary/aromatic N) is 3. The molecule has 0 fully saturated rings. The van der Waals surface area contributed by atoms with Crippen molar-refractivity contribution in [1.29, 1.82) is 0 Å². The molecular weight excluding hydrogens is 394 g/mol. The molecule has 0 saturated heterocycles. The van der Waals surface area contributed by atoms with Crippen molar-refractivity contribution in [2.75, 3.05) is 13.7 Å². The van der Waals surface area contributed by atoms with Gasteiger partial charge in [0.25, 0.3) is 11.6 Å². The lowest BCUT2D eigenvalue weighted by atomic mass is 10.2. The van der Waals surface area contributed by atoms with Gasteiger partial charge in [-0.15, -0.1) is 10.2 Å². The number of rotatable bonds is 9. The fourth-order valence-electron chi connectivity index (χ4n) is 2.43. The van der Waals surface area contributed by atoms with Gasteiger partial charge in [0.1, 0.15) is 6.61 Å². The Kier molecular flexibility index (Phi) is 6.38. The summed E-state index contributed by atoms with van der Waals surface area (Å²) in [5.74, 6) is 0.470. The summed E-state index contributed by atoms with van der Waals surface area (Å²) in [5.41, 5.74) is 0.710. The van der Waals surface area contributed by atoms with Crippen molar-refractivity contribution >= 4 is 11.7 Å². The van der Waals surface area contributed by atoms with E-state index in [0.717, 1.165) is 0 Å². The number of methoxy groups -OCH3 is 1. The molecule has 10 nitrogen and oxygen atoms in total. The first-order valence-electron chi connectivity index (χ1n) is 8.68. The van der Waals surface area contributed by atoms with Gasteiger partial charge in [-0.05, 0) is 30.3 Å². The van der Waals surface area contributed by atoms with E-state index in [-0.39, 0.29) is 29.6 Å². The highest BCUT2D eigenvalue weighted by Gasteiger charge is 2.15. The first kappa shape index (κ1) is 20.5. The van der Waals surface area contributed by atoms with Crippen LogP contribution in [0.1, 0.15) is 16.2 Å². The zero-order chi connectivity index (χ0) is 21.5. The van der Waals surface area contributed by atoms with E-state index in [2.05, 4.69) is 16.8 Å². The van der Waals surface area contributed by atoms with Crippen molar-refractivity contribution in [2.24, 2.45) is 0 Å². The minimum atomic E-state index is -0.612. The maximum atomic E-state index is 12.3. The van der Waals surface area contributed by atoms with Gasteiger partial charge in [0, 0.05) is 17.7 Å². The predicted octanol–water partition coefficient (Wildman–Crippen LogP) is 3.58. The molecule has 0 bridgehead atoms. The van der Waals surface area contributed by atoms with Crippen LogP contribution in [0.15, 0.2) is 59.5 Å². The number of carbonyl (C=O) groups is 1. The Labute approximate surface area is 170 Å². The Bertz CT molecular complexity index is 1060. The molecule has 3 aromatic rings. The van der Waals surface area contributed by atoms with E-state index >= 15 is 0 Å². The van der Waals surface area contributed by atoms with Gasteiger partial charge in [0.15, 0.2) is 18.1 Å². The zero-order valence-electron chi connectivity index (χ0n) is 15.9. The van der Waals surface area contributed by atoms with Crippen LogP contribution >= 0.6 is 0 Å². The van der Waals surface area contributed by atoms with Gasteiger partial charge in [0.2, 0.25) is 5.89 Å². The second kappa shape index (κ2) is 9.32. The van der Waals surface area contributed by atoms with Crippen LogP contribution in [0.5, 0.6) is 11.5 Å². The van der Waals surface area contributed by atoms with E-state index in [9.17, 15) is 14.9 Å². The van der Waals surface area contributed by atoms with E-state index in [1.807, 2.05) is 0 Å². The van der Waals surface area contributed by atoms with Crippen molar-refractivity contribution in [1.82, 2.24) is 10.2 Å². The van der Waals surface area contributed by atoms with Gasteiger partial charge in [0.05, 0.1) is 17.6 Å². The number of hydrogen-bond donors (Lipinski definition) is 0. The molecule has 30 heavy (non-hydrogen) atoms. The normalized spacial score (nSPS) is 10.3. The lowest BCUT2D eigenvalue weighted by Crippen LogP contribution is -2.06. The maximum Gasteiger partial charge on any atom is 0.338 e. The fourth-order valence-corrected chi connectivity index (χ4v) is 2.43. The summed E-state index contributed by atoms with van der Waals surface area (Å²) in [5, 5.41) is 18.4. The van der Waals surface area contributed by atoms with Crippen LogP contribution in [0.3, 0.4) is 0 Å². The second-order valence-electron chi connectivity index (χ2n) is 5.85. The molecule has 0 aliphatic heterocycles. The molecule has 10 heteroatoms. The Balaban J connectivity index is 1.64. The number of aromatic nitrogens is 2. The van der Waals surface area contributed by atoms with Crippen LogP contribution in [-0.4, -0.2) is 34.8 Å². The Morgan fingerprint density at radius 3 is 2.63 bits per heavy atom. The van der Waals surface area contributed by atoms with E-state index < -0.39 is 10.9 Å². The van der Waals surface area contributed by atoms with Crippen LogP contribution in [0.4, 0.5) is 5.69 Å². The molecular formula is C20H17N3O7. The molecule has 2 aromatic carbocycles. The maximum absolute atomic E-state index is 12.3. The van der Waals surface area contributed by atoms with E-state index in [1.165, 1.54) is 37.4 Å². The highest BCUT2D eigenvalue weighted by atomic mass is 16.6. The monoisotopic (exact) mass is 411 g/mol. The minimum Gasteiger partial charge on any atom is -0.493 e. The average molecular weight is 411 g/mol. The van der Waals surface area contributed by atoms with Crippen LogP contribution in [-0.2, 0) is 11.3 Å². The Morgan fingerprint density at radius 1 is 1.20 bits per heavy atom. The number of nitro benzene ring substituents is 1. The summed E-state index contributed by atoms with van der Waals surface area (Å²) in [4.78, 5) is 22.5. The highest BCUT2D eigenvalue weighted by Crippen LogP contribution is 2.28. The summed E-state index contributed by atoms with van der Waals surface area (Å²) >= 11 is 0. The van der Waals surface area contributed by atoms with Gasteiger partial charge < -0.3 is 18.6 Å². The molecule has 154 valence electrons. The molecule has 1 aromatic heterocycles. The first-order valence-corrected chi connectivity index (χ1v) is 8.68. The first-order chi connectivity index (χ1) is 14.5. The predicted molar refractivity (Wildman–Crippen MR) is 104 cm³/mol. The molecule has 0 aliphatic carbocycles. The van der Waals surface area contributed by atoms with Gasteiger partial charge in [-0.3, -0.25) is 10.1 Å².